The molecular weight excluding hydrogens is 1040 g/mol. The van der Waals surface area contributed by atoms with Gasteiger partial charge in [0.05, 0.1) is 67.6 Å². The van der Waals surface area contributed by atoms with Crippen LogP contribution in [0.4, 0.5) is 0 Å². The third-order valence-electron chi connectivity index (χ3n) is 17.2. The van der Waals surface area contributed by atoms with Gasteiger partial charge in [-0.15, -0.1) is 0 Å². The van der Waals surface area contributed by atoms with Crippen LogP contribution in [0.15, 0.2) is 24.3 Å². The fraction of sp³-hybridized carbons (Fsp3) is 0.885. The predicted molar refractivity (Wildman–Crippen MR) is 259 cm³/mol. The fourth-order valence-corrected chi connectivity index (χ4v) is 12.4. The van der Waals surface area contributed by atoms with Gasteiger partial charge in [-0.1, -0.05) is 12.2 Å². The predicted octanol–water partition coefficient (Wildman–Crippen LogP) is -4.43. The Hall–Kier alpha value is -2.46. The summed E-state index contributed by atoms with van der Waals surface area (Å²) < 4.78 is 60.2. The lowest BCUT2D eigenvalue weighted by Crippen LogP contribution is -2.66. The van der Waals surface area contributed by atoms with E-state index < -0.39 is 191 Å². The van der Waals surface area contributed by atoms with Crippen molar-refractivity contribution < 1.29 is 128 Å². The van der Waals surface area contributed by atoms with Crippen LogP contribution in [0.1, 0.15) is 83.5 Å². The molecule has 0 aromatic heterocycles. The Morgan fingerprint density at radius 3 is 1.63 bits per heavy atom. The highest BCUT2D eigenvalue weighted by atomic mass is 16.8. The second-order valence-corrected chi connectivity index (χ2v) is 22.5. The van der Waals surface area contributed by atoms with Gasteiger partial charge >= 0.3 is 11.9 Å². The molecule has 26 nitrogen and oxygen atoms in total. The molecule has 4 saturated heterocycles. The number of fused-ring (bicyclic) bond motifs is 1. The van der Waals surface area contributed by atoms with E-state index in [1.165, 1.54) is 13.2 Å². The van der Waals surface area contributed by atoms with Crippen molar-refractivity contribution in [3.8, 4) is 0 Å². The van der Waals surface area contributed by atoms with Crippen LogP contribution in [0, 0.1) is 23.7 Å². The molecule has 0 radical (unpaired) electrons. The lowest BCUT2D eigenvalue weighted by atomic mass is 9.72. The molecule has 0 spiro atoms. The van der Waals surface area contributed by atoms with Crippen molar-refractivity contribution >= 4 is 11.9 Å². The van der Waals surface area contributed by atoms with Crippen molar-refractivity contribution in [2.75, 3.05) is 26.9 Å². The lowest BCUT2D eigenvalue weighted by molar-refractivity contribution is -0.380. The summed E-state index contributed by atoms with van der Waals surface area (Å²) in [6, 6.07) is 0. The van der Waals surface area contributed by atoms with Gasteiger partial charge in [0.25, 0.3) is 0 Å². The largest absolute Gasteiger partial charge is 0.460 e. The molecule has 4 aliphatic heterocycles. The molecule has 446 valence electrons. The fourth-order valence-electron chi connectivity index (χ4n) is 12.4. The maximum absolute atomic E-state index is 12.7. The SMILES string of the molecule is COC1CC(C2OC3CC(O)CC(O[C@@H]4O[C@H](COC(=O)C=CC5CCC(O)C(O)C5)[C@@H](O)[C@H](O)[C@H]4O)C3CC2O[C@@H]2O[C@H](CO)[C@@H](O)[C@H](O)[C@H]2O[C@@H]2O[C@H](COC(=O)C=CC3CCC(O)CC3)[C@@H](O)[C@H](O)[C@H]2O)CCC1O. The number of aliphatic hydroxyl groups excluding tert-OH is 14. The Morgan fingerprint density at radius 1 is 0.474 bits per heavy atom. The van der Waals surface area contributed by atoms with Crippen LogP contribution in [0.5, 0.6) is 0 Å². The van der Waals surface area contributed by atoms with Gasteiger partial charge in [-0.3, -0.25) is 0 Å². The molecule has 27 atom stereocenters. The monoisotopic (exact) mass is 1120 g/mol. The molecule has 8 aliphatic rings. The molecule has 12 unspecified atom stereocenters. The summed E-state index contributed by atoms with van der Waals surface area (Å²) in [4.78, 5) is 25.5. The molecule has 26 heteroatoms. The highest BCUT2D eigenvalue weighted by molar-refractivity contribution is 5.82. The van der Waals surface area contributed by atoms with Crippen LogP contribution >= 0.6 is 0 Å². The molecule has 4 aliphatic carbocycles. The van der Waals surface area contributed by atoms with Crippen LogP contribution in [-0.2, 0) is 57.0 Å². The van der Waals surface area contributed by atoms with Crippen LogP contribution in [0.2, 0.25) is 0 Å². The maximum Gasteiger partial charge on any atom is 0.330 e. The molecule has 4 heterocycles. The third-order valence-corrected chi connectivity index (χ3v) is 17.2. The highest BCUT2D eigenvalue weighted by Crippen LogP contribution is 2.46. The van der Waals surface area contributed by atoms with Crippen molar-refractivity contribution in [2.45, 2.75) is 237 Å². The van der Waals surface area contributed by atoms with Crippen molar-refractivity contribution in [3.05, 3.63) is 24.3 Å². The average Bonchev–Trinajstić information content (AvgIpc) is 3.53. The van der Waals surface area contributed by atoms with Gasteiger partial charge in [0.1, 0.15) is 86.5 Å². The van der Waals surface area contributed by atoms with E-state index in [2.05, 4.69) is 0 Å². The summed E-state index contributed by atoms with van der Waals surface area (Å²) >= 11 is 0. The second kappa shape index (κ2) is 27.7. The minimum atomic E-state index is -1.99. The van der Waals surface area contributed by atoms with Crippen LogP contribution in [-0.4, -0.2) is 264 Å². The number of methoxy groups -OCH3 is 1. The number of rotatable bonds is 17. The minimum Gasteiger partial charge on any atom is -0.460 e. The first kappa shape index (κ1) is 61.6. The first-order chi connectivity index (χ1) is 37.2. The van der Waals surface area contributed by atoms with E-state index >= 15 is 0 Å². The van der Waals surface area contributed by atoms with Gasteiger partial charge in [0.2, 0.25) is 0 Å². The van der Waals surface area contributed by atoms with E-state index in [1.807, 2.05) is 0 Å². The quantitative estimate of drug-likeness (QED) is 0.0483. The van der Waals surface area contributed by atoms with Gasteiger partial charge in [-0.05, 0) is 94.8 Å². The van der Waals surface area contributed by atoms with E-state index in [-0.39, 0.29) is 49.9 Å². The Balaban J connectivity index is 0.985. The lowest BCUT2D eigenvalue weighted by Gasteiger charge is -2.53. The molecular formula is C52H82O26. The number of allylic oxidation sites excluding steroid dienone is 2. The van der Waals surface area contributed by atoms with E-state index in [4.69, 9.17) is 47.4 Å². The Kier molecular flexibility index (Phi) is 21.9. The summed E-state index contributed by atoms with van der Waals surface area (Å²) in [6.45, 7) is -2.02. The zero-order valence-corrected chi connectivity index (χ0v) is 43.5. The molecule has 0 aromatic rings. The average molecular weight is 1120 g/mol. The molecule has 14 N–H and O–H groups in total. The number of ether oxygens (including phenoxy) is 10. The zero-order chi connectivity index (χ0) is 56.1. The molecule has 0 bridgehead atoms. The maximum atomic E-state index is 12.7. The van der Waals surface area contributed by atoms with Gasteiger partial charge in [0.15, 0.2) is 18.9 Å². The van der Waals surface area contributed by atoms with Gasteiger partial charge in [-0.2, -0.15) is 0 Å². The first-order valence-corrected chi connectivity index (χ1v) is 27.5. The topological polar surface area (TPSA) is 410 Å². The van der Waals surface area contributed by atoms with E-state index in [0.29, 0.717) is 51.4 Å². The minimum absolute atomic E-state index is 0.0227. The second-order valence-electron chi connectivity index (χ2n) is 22.5. The molecule has 0 aromatic carbocycles. The number of hydrogen-bond acceptors (Lipinski definition) is 26. The number of carbonyl (C=O) groups is 2. The number of hydrogen-bond donors (Lipinski definition) is 14. The number of carbonyl (C=O) groups excluding carboxylic acids is 2. The number of aliphatic hydroxyl groups is 14. The molecule has 78 heavy (non-hydrogen) atoms. The van der Waals surface area contributed by atoms with Crippen molar-refractivity contribution in [1.29, 1.82) is 0 Å². The molecule has 4 saturated carbocycles. The Labute approximate surface area is 451 Å². The molecule has 8 fully saturated rings. The third kappa shape index (κ3) is 14.8. The van der Waals surface area contributed by atoms with Crippen LogP contribution in [0.25, 0.3) is 0 Å². The van der Waals surface area contributed by atoms with Gasteiger partial charge in [-0.25, -0.2) is 9.59 Å². The Bertz CT molecular complexity index is 1960. The normalized spacial score (nSPS) is 48.6. The van der Waals surface area contributed by atoms with E-state index in [1.54, 1.807) is 12.2 Å². The van der Waals surface area contributed by atoms with Crippen molar-refractivity contribution in [3.63, 3.8) is 0 Å². The Morgan fingerprint density at radius 2 is 1.03 bits per heavy atom. The standard InChI is InChI=1S/C52H82O26/c1-69-33-15-24(7-11-29(33)57)48-34(18-27-31(72-48)16-26(55)17-32(27)73-50-46(67)43(64)41(62)36(76-50)20-71-39(60)13-6-23-4-10-28(56)30(58)14-23)74-52-49(45(66)40(61)35(19-53)75-52)78-51-47(68)44(65)42(63)37(77-51)21-70-38(59)12-5-22-2-8-25(54)9-3-22/h5-6,12-13,22-37,40-58,61-68H,2-4,7-11,14-21H2,1H3/t22?,23?,24?,25?,26?,27?,28?,29?,30?,31?,32?,33?,34?,35-,36-,37-,40-,41-,42-,43+,44+,45+,46-,47-,48?,49-,50-,51+,52-/m1/s1. The van der Waals surface area contributed by atoms with E-state index in [0.717, 1.165) is 6.08 Å². The van der Waals surface area contributed by atoms with Crippen LogP contribution < -0.4 is 0 Å². The van der Waals surface area contributed by atoms with Gasteiger partial charge in [0, 0.05) is 31.6 Å². The zero-order valence-electron chi connectivity index (χ0n) is 43.5. The molecule has 8 rings (SSSR count). The first-order valence-electron chi connectivity index (χ1n) is 27.5. The van der Waals surface area contributed by atoms with Crippen LogP contribution in [0.3, 0.4) is 0 Å². The summed E-state index contributed by atoms with van der Waals surface area (Å²) in [6.07, 6.45) is -24.4. The van der Waals surface area contributed by atoms with Crippen molar-refractivity contribution in [1.82, 2.24) is 0 Å². The van der Waals surface area contributed by atoms with E-state index in [9.17, 15) is 81.1 Å². The number of esters is 2. The van der Waals surface area contributed by atoms with Crippen molar-refractivity contribution in [2.24, 2.45) is 23.7 Å². The molecule has 0 amide bonds. The summed E-state index contributed by atoms with van der Waals surface area (Å²) in [7, 11) is 1.46. The van der Waals surface area contributed by atoms with Gasteiger partial charge < -0.3 is 119 Å². The highest BCUT2D eigenvalue weighted by Gasteiger charge is 2.56. The smallest absolute Gasteiger partial charge is 0.330 e. The summed E-state index contributed by atoms with van der Waals surface area (Å²) in [5.74, 6) is -2.86. The summed E-state index contributed by atoms with van der Waals surface area (Å²) in [5, 5.41) is 151. The summed E-state index contributed by atoms with van der Waals surface area (Å²) in [5.41, 5.74) is 0.